The molecule has 4 heteroatoms. The fraction of sp³-hybridized carbons (Fsp3) is 0.625. The number of hydrogen-bond acceptors (Lipinski definition) is 4. The molecule has 0 aliphatic carbocycles. The molecule has 0 amide bonds. The highest BCUT2D eigenvalue weighted by molar-refractivity contribution is 5.61. The van der Waals surface area contributed by atoms with Crippen LogP contribution < -0.4 is 15.8 Å². The molecule has 1 aromatic carbocycles. The largest absolute Gasteiger partial charge is 0.495 e. The summed E-state index contributed by atoms with van der Waals surface area (Å²) in [6, 6.07) is 6.28. The summed E-state index contributed by atoms with van der Waals surface area (Å²) < 4.78 is 5.24. The fourth-order valence-corrected chi connectivity index (χ4v) is 2.32. The Labute approximate surface area is 123 Å². The van der Waals surface area contributed by atoms with Gasteiger partial charge in [-0.2, -0.15) is 0 Å². The first kappa shape index (κ1) is 16.6. The molecule has 0 radical (unpaired) electrons. The highest BCUT2D eigenvalue weighted by Crippen LogP contribution is 2.25. The lowest BCUT2D eigenvalue weighted by Gasteiger charge is -2.20. The quantitative estimate of drug-likeness (QED) is 0.682. The van der Waals surface area contributed by atoms with Crippen molar-refractivity contribution in [2.24, 2.45) is 0 Å². The second kappa shape index (κ2) is 8.69. The van der Waals surface area contributed by atoms with E-state index in [0.29, 0.717) is 11.7 Å². The van der Waals surface area contributed by atoms with Crippen LogP contribution in [0.5, 0.6) is 5.75 Å². The normalized spacial score (nSPS) is 12.4. The topological polar surface area (TPSA) is 50.5 Å². The average molecular weight is 279 g/mol. The zero-order valence-corrected chi connectivity index (χ0v) is 13.3. The molecule has 20 heavy (non-hydrogen) atoms. The van der Waals surface area contributed by atoms with Crippen LogP contribution in [-0.2, 0) is 0 Å². The van der Waals surface area contributed by atoms with Crippen molar-refractivity contribution in [1.82, 2.24) is 4.90 Å². The first-order valence-corrected chi connectivity index (χ1v) is 7.53. The Morgan fingerprint density at radius 3 is 2.60 bits per heavy atom. The molecule has 0 aromatic heterocycles. The molecule has 4 nitrogen and oxygen atoms in total. The van der Waals surface area contributed by atoms with Gasteiger partial charge in [-0.05, 0) is 51.5 Å². The Balaban J connectivity index is 2.40. The summed E-state index contributed by atoms with van der Waals surface area (Å²) in [7, 11) is 1.64. The Bertz CT molecular complexity index is 391. The summed E-state index contributed by atoms with van der Waals surface area (Å²) in [6.07, 6.45) is 2.37. The van der Waals surface area contributed by atoms with Crippen LogP contribution in [0.1, 0.15) is 33.6 Å². The Hall–Kier alpha value is -1.42. The third-order valence-electron chi connectivity index (χ3n) is 3.65. The summed E-state index contributed by atoms with van der Waals surface area (Å²) in [4.78, 5) is 2.46. The maximum atomic E-state index is 5.82. The predicted octanol–water partition coefficient (Wildman–Crippen LogP) is 3.20. The SMILES string of the molecule is CCN(CC)CCCC(C)Nc1ccc(N)c(OC)c1. The smallest absolute Gasteiger partial charge is 0.143 e. The number of anilines is 2. The van der Waals surface area contributed by atoms with Crippen LogP contribution in [0.15, 0.2) is 18.2 Å². The molecular weight excluding hydrogens is 250 g/mol. The molecule has 1 atom stereocenters. The molecule has 0 aliphatic rings. The molecule has 1 rings (SSSR count). The van der Waals surface area contributed by atoms with Gasteiger partial charge < -0.3 is 20.7 Å². The molecule has 3 N–H and O–H groups in total. The van der Waals surface area contributed by atoms with Gasteiger partial charge in [0, 0.05) is 17.8 Å². The molecule has 0 aliphatic heterocycles. The molecule has 1 unspecified atom stereocenters. The second-order valence-electron chi connectivity index (χ2n) is 5.17. The van der Waals surface area contributed by atoms with Crippen molar-refractivity contribution in [2.75, 3.05) is 37.8 Å². The number of rotatable bonds is 9. The minimum atomic E-state index is 0.443. The van der Waals surface area contributed by atoms with Gasteiger partial charge in [0.25, 0.3) is 0 Å². The van der Waals surface area contributed by atoms with E-state index >= 15 is 0 Å². The lowest BCUT2D eigenvalue weighted by molar-refractivity contribution is 0.295. The number of nitrogens with zero attached hydrogens (tertiary/aromatic N) is 1. The molecule has 0 bridgehead atoms. The molecule has 0 saturated heterocycles. The van der Waals surface area contributed by atoms with E-state index in [0.717, 1.165) is 30.9 Å². The van der Waals surface area contributed by atoms with Gasteiger partial charge in [-0.15, -0.1) is 0 Å². The zero-order chi connectivity index (χ0) is 15.0. The maximum Gasteiger partial charge on any atom is 0.143 e. The second-order valence-corrected chi connectivity index (χ2v) is 5.17. The lowest BCUT2D eigenvalue weighted by atomic mass is 10.1. The summed E-state index contributed by atoms with van der Waals surface area (Å²) in [5.41, 5.74) is 7.55. The Morgan fingerprint density at radius 2 is 2.00 bits per heavy atom. The minimum absolute atomic E-state index is 0.443. The van der Waals surface area contributed by atoms with Crippen LogP contribution >= 0.6 is 0 Å². The number of hydrogen-bond donors (Lipinski definition) is 2. The monoisotopic (exact) mass is 279 g/mol. The van der Waals surface area contributed by atoms with E-state index in [2.05, 4.69) is 31.0 Å². The van der Waals surface area contributed by atoms with Gasteiger partial charge in [0.15, 0.2) is 0 Å². The van der Waals surface area contributed by atoms with Gasteiger partial charge in [-0.25, -0.2) is 0 Å². The highest BCUT2D eigenvalue weighted by atomic mass is 16.5. The van der Waals surface area contributed by atoms with Crippen molar-refractivity contribution in [1.29, 1.82) is 0 Å². The summed E-state index contributed by atoms with van der Waals surface area (Å²) in [5, 5.41) is 3.50. The molecule has 114 valence electrons. The van der Waals surface area contributed by atoms with Crippen LogP contribution in [0.2, 0.25) is 0 Å². The third kappa shape index (κ3) is 5.29. The van der Waals surface area contributed by atoms with Crippen molar-refractivity contribution in [2.45, 2.75) is 39.7 Å². The molecule has 0 spiro atoms. The molecule has 0 saturated carbocycles. The fourth-order valence-electron chi connectivity index (χ4n) is 2.32. The standard InChI is InChI=1S/C16H29N3O/c1-5-19(6-2)11-7-8-13(3)18-14-9-10-15(17)16(12-14)20-4/h9-10,12-13,18H,5-8,11,17H2,1-4H3. The average Bonchev–Trinajstić information content (AvgIpc) is 2.45. The van der Waals surface area contributed by atoms with Gasteiger partial charge >= 0.3 is 0 Å². The van der Waals surface area contributed by atoms with Crippen molar-refractivity contribution in [3.05, 3.63) is 18.2 Å². The number of ether oxygens (including phenoxy) is 1. The van der Waals surface area contributed by atoms with Crippen molar-refractivity contribution in [3.8, 4) is 5.75 Å². The number of methoxy groups -OCH3 is 1. The van der Waals surface area contributed by atoms with Crippen LogP contribution in [0.3, 0.4) is 0 Å². The van der Waals surface area contributed by atoms with E-state index in [1.807, 2.05) is 18.2 Å². The molecule has 0 fully saturated rings. The molecular formula is C16H29N3O. The van der Waals surface area contributed by atoms with Crippen molar-refractivity contribution in [3.63, 3.8) is 0 Å². The van der Waals surface area contributed by atoms with E-state index in [9.17, 15) is 0 Å². The third-order valence-corrected chi connectivity index (χ3v) is 3.65. The van der Waals surface area contributed by atoms with Gasteiger partial charge in [0.2, 0.25) is 0 Å². The first-order valence-electron chi connectivity index (χ1n) is 7.53. The van der Waals surface area contributed by atoms with Crippen molar-refractivity contribution >= 4 is 11.4 Å². The number of nitrogens with one attached hydrogen (secondary N) is 1. The van der Waals surface area contributed by atoms with Crippen LogP contribution in [0, 0.1) is 0 Å². The summed E-state index contributed by atoms with van der Waals surface area (Å²) in [6.45, 7) is 10.1. The number of benzene rings is 1. The van der Waals surface area contributed by atoms with E-state index in [1.165, 1.54) is 13.0 Å². The van der Waals surface area contributed by atoms with Crippen LogP contribution in [0.25, 0.3) is 0 Å². The number of nitrogens with two attached hydrogens (primary N) is 1. The van der Waals surface area contributed by atoms with Crippen molar-refractivity contribution < 1.29 is 4.74 Å². The predicted molar refractivity (Wildman–Crippen MR) is 87.5 cm³/mol. The maximum absolute atomic E-state index is 5.82. The summed E-state index contributed by atoms with van der Waals surface area (Å²) in [5.74, 6) is 0.727. The Morgan fingerprint density at radius 1 is 1.30 bits per heavy atom. The van der Waals surface area contributed by atoms with E-state index in [4.69, 9.17) is 10.5 Å². The lowest BCUT2D eigenvalue weighted by Crippen LogP contribution is -2.25. The van der Waals surface area contributed by atoms with Gasteiger partial charge in [0.05, 0.1) is 12.8 Å². The van der Waals surface area contributed by atoms with E-state index in [1.54, 1.807) is 7.11 Å². The zero-order valence-electron chi connectivity index (χ0n) is 13.3. The van der Waals surface area contributed by atoms with Crippen LogP contribution in [0.4, 0.5) is 11.4 Å². The van der Waals surface area contributed by atoms with Crippen LogP contribution in [-0.4, -0.2) is 37.7 Å². The van der Waals surface area contributed by atoms with E-state index < -0.39 is 0 Å². The Kier molecular flexibility index (Phi) is 7.23. The van der Waals surface area contributed by atoms with Gasteiger partial charge in [-0.1, -0.05) is 13.8 Å². The summed E-state index contributed by atoms with van der Waals surface area (Å²) >= 11 is 0. The van der Waals surface area contributed by atoms with Gasteiger partial charge in [0.1, 0.15) is 5.75 Å². The minimum Gasteiger partial charge on any atom is -0.495 e. The highest BCUT2D eigenvalue weighted by Gasteiger charge is 2.06. The molecule has 0 heterocycles. The van der Waals surface area contributed by atoms with E-state index in [-0.39, 0.29) is 0 Å². The number of nitrogen functional groups attached to an aromatic ring is 1. The molecule has 1 aromatic rings. The first-order chi connectivity index (χ1) is 9.60. The van der Waals surface area contributed by atoms with Gasteiger partial charge in [-0.3, -0.25) is 0 Å².